The number of piperazine rings is 1. The van der Waals surface area contributed by atoms with Crippen molar-refractivity contribution >= 4 is 5.91 Å². The lowest BCUT2D eigenvalue weighted by Gasteiger charge is -2.27. The van der Waals surface area contributed by atoms with Gasteiger partial charge in [0.15, 0.2) is 0 Å². The van der Waals surface area contributed by atoms with Gasteiger partial charge in [-0.1, -0.05) is 5.21 Å². The maximum Gasteiger partial charge on any atom is 0.224 e. The molecule has 1 fully saturated rings. The molecule has 0 atom stereocenters. The van der Waals surface area contributed by atoms with Crippen LogP contribution in [0.1, 0.15) is 6.42 Å². The van der Waals surface area contributed by atoms with Gasteiger partial charge in [0.05, 0.1) is 12.7 Å². The molecule has 2 rings (SSSR count). The fourth-order valence-electron chi connectivity index (χ4n) is 1.63. The second-order valence-electron chi connectivity index (χ2n) is 3.55. The predicted molar refractivity (Wildman–Crippen MR) is 54.1 cm³/mol. The number of amides is 1. The van der Waals surface area contributed by atoms with Gasteiger partial charge >= 0.3 is 0 Å². The first-order valence-corrected chi connectivity index (χ1v) is 5.19. The quantitative estimate of drug-likeness (QED) is 0.700. The van der Waals surface area contributed by atoms with Gasteiger partial charge in [0.2, 0.25) is 5.91 Å². The fourth-order valence-corrected chi connectivity index (χ4v) is 1.63. The Balaban J connectivity index is 1.76. The van der Waals surface area contributed by atoms with Gasteiger partial charge in [-0.25, -0.2) is 0 Å². The average Bonchev–Trinajstić information content (AvgIpc) is 2.80. The summed E-state index contributed by atoms with van der Waals surface area (Å²) in [4.78, 5) is 13.6. The van der Waals surface area contributed by atoms with Crippen LogP contribution in [0.2, 0.25) is 0 Å². The van der Waals surface area contributed by atoms with Crippen LogP contribution in [0.3, 0.4) is 0 Å². The summed E-state index contributed by atoms with van der Waals surface area (Å²) in [6.07, 6.45) is 3.89. The molecule has 0 spiro atoms. The van der Waals surface area contributed by atoms with Gasteiger partial charge in [0.1, 0.15) is 0 Å². The van der Waals surface area contributed by atoms with Crippen molar-refractivity contribution in [2.24, 2.45) is 0 Å². The molecule has 0 saturated carbocycles. The Morgan fingerprint density at radius 3 is 2.87 bits per heavy atom. The van der Waals surface area contributed by atoms with Crippen molar-refractivity contribution in [1.29, 1.82) is 0 Å². The Morgan fingerprint density at radius 2 is 2.20 bits per heavy atom. The molecule has 1 aromatic rings. The van der Waals surface area contributed by atoms with E-state index in [0.29, 0.717) is 13.0 Å². The van der Waals surface area contributed by atoms with E-state index in [-0.39, 0.29) is 5.91 Å². The molecule has 1 aromatic heterocycles. The Labute approximate surface area is 88.2 Å². The minimum atomic E-state index is 0.201. The smallest absolute Gasteiger partial charge is 0.224 e. The number of aryl methyl sites for hydroxylation is 1. The Hall–Kier alpha value is -1.43. The van der Waals surface area contributed by atoms with Crippen LogP contribution in [0.15, 0.2) is 12.4 Å². The third-order valence-electron chi connectivity index (χ3n) is 2.50. The molecule has 1 N–H and O–H groups in total. The van der Waals surface area contributed by atoms with E-state index in [1.807, 2.05) is 4.90 Å². The van der Waals surface area contributed by atoms with Crippen molar-refractivity contribution in [1.82, 2.24) is 25.2 Å². The molecule has 82 valence electrons. The summed E-state index contributed by atoms with van der Waals surface area (Å²) in [5, 5.41) is 10.7. The largest absolute Gasteiger partial charge is 0.340 e. The van der Waals surface area contributed by atoms with Crippen LogP contribution < -0.4 is 5.32 Å². The zero-order valence-electron chi connectivity index (χ0n) is 8.59. The van der Waals surface area contributed by atoms with Crippen LogP contribution in [0.25, 0.3) is 0 Å². The second-order valence-corrected chi connectivity index (χ2v) is 3.55. The SMILES string of the molecule is O=C(CCn1ccnn1)N1CCNCC1. The van der Waals surface area contributed by atoms with Gasteiger partial charge in [0.25, 0.3) is 0 Å². The van der Waals surface area contributed by atoms with E-state index in [0.717, 1.165) is 26.2 Å². The number of carbonyl (C=O) groups excluding carboxylic acids is 1. The molecule has 0 aromatic carbocycles. The topological polar surface area (TPSA) is 63.1 Å². The highest BCUT2D eigenvalue weighted by Crippen LogP contribution is 1.98. The van der Waals surface area contributed by atoms with Crippen LogP contribution in [0.5, 0.6) is 0 Å². The van der Waals surface area contributed by atoms with Crippen molar-refractivity contribution in [3.8, 4) is 0 Å². The Bertz CT molecular complexity index is 304. The maximum absolute atomic E-state index is 11.7. The van der Waals surface area contributed by atoms with Crippen molar-refractivity contribution in [3.63, 3.8) is 0 Å². The number of hydrogen-bond donors (Lipinski definition) is 1. The molecule has 15 heavy (non-hydrogen) atoms. The fraction of sp³-hybridized carbons (Fsp3) is 0.667. The lowest BCUT2D eigenvalue weighted by atomic mass is 10.3. The zero-order chi connectivity index (χ0) is 10.5. The number of carbonyl (C=O) groups is 1. The molecule has 6 heteroatoms. The number of hydrogen-bond acceptors (Lipinski definition) is 4. The second kappa shape index (κ2) is 4.88. The summed E-state index contributed by atoms with van der Waals surface area (Å²) >= 11 is 0. The molecule has 1 saturated heterocycles. The number of aromatic nitrogens is 3. The highest BCUT2D eigenvalue weighted by molar-refractivity contribution is 5.76. The Morgan fingerprint density at radius 1 is 1.40 bits per heavy atom. The van der Waals surface area contributed by atoms with E-state index in [2.05, 4.69) is 15.6 Å². The minimum absolute atomic E-state index is 0.201. The third kappa shape index (κ3) is 2.76. The van der Waals surface area contributed by atoms with Crippen molar-refractivity contribution in [2.75, 3.05) is 26.2 Å². The monoisotopic (exact) mass is 209 g/mol. The van der Waals surface area contributed by atoms with Crippen LogP contribution in [0.4, 0.5) is 0 Å². The van der Waals surface area contributed by atoms with Gasteiger partial charge in [-0.15, -0.1) is 5.10 Å². The highest BCUT2D eigenvalue weighted by Gasteiger charge is 2.15. The van der Waals surface area contributed by atoms with Crippen LogP contribution in [0, 0.1) is 0 Å². The van der Waals surface area contributed by atoms with Crippen molar-refractivity contribution in [3.05, 3.63) is 12.4 Å². The van der Waals surface area contributed by atoms with Crippen LogP contribution in [-0.2, 0) is 11.3 Å². The first kappa shape index (κ1) is 10.1. The van der Waals surface area contributed by atoms with E-state index in [9.17, 15) is 4.79 Å². The van der Waals surface area contributed by atoms with Crippen molar-refractivity contribution < 1.29 is 4.79 Å². The molecule has 1 aliphatic heterocycles. The molecule has 0 radical (unpaired) electrons. The number of nitrogens with zero attached hydrogens (tertiary/aromatic N) is 4. The molecular formula is C9H15N5O. The summed E-state index contributed by atoms with van der Waals surface area (Å²) < 4.78 is 1.68. The zero-order valence-corrected chi connectivity index (χ0v) is 8.59. The lowest BCUT2D eigenvalue weighted by Crippen LogP contribution is -2.46. The molecule has 1 amide bonds. The molecule has 1 aliphatic rings. The van der Waals surface area contributed by atoms with E-state index < -0.39 is 0 Å². The molecule has 6 nitrogen and oxygen atoms in total. The first-order valence-electron chi connectivity index (χ1n) is 5.19. The number of nitrogens with one attached hydrogen (secondary N) is 1. The summed E-state index contributed by atoms with van der Waals surface area (Å²) in [5.41, 5.74) is 0. The first-order chi connectivity index (χ1) is 7.36. The predicted octanol–water partition coefficient (Wildman–Crippen LogP) is -0.900. The summed E-state index contributed by atoms with van der Waals surface area (Å²) in [6.45, 7) is 4.04. The Kier molecular flexibility index (Phi) is 3.29. The van der Waals surface area contributed by atoms with E-state index in [4.69, 9.17) is 0 Å². The average molecular weight is 209 g/mol. The van der Waals surface area contributed by atoms with Crippen molar-refractivity contribution in [2.45, 2.75) is 13.0 Å². The van der Waals surface area contributed by atoms with E-state index in [1.54, 1.807) is 17.1 Å². The lowest BCUT2D eigenvalue weighted by molar-refractivity contribution is -0.132. The van der Waals surface area contributed by atoms with Gasteiger partial charge in [-0.2, -0.15) is 0 Å². The van der Waals surface area contributed by atoms with Gasteiger partial charge in [0, 0.05) is 38.8 Å². The van der Waals surface area contributed by atoms with Crippen LogP contribution in [-0.4, -0.2) is 52.0 Å². The molecular weight excluding hydrogens is 194 g/mol. The third-order valence-corrected chi connectivity index (χ3v) is 2.50. The van der Waals surface area contributed by atoms with Crippen LogP contribution >= 0.6 is 0 Å². The molecule has 2 heterocycles. The standard InChI is InChI=1S/C9H15N5O/c15-9(13-6-2-10-3-7-13)1-5-14-8-4-11-12-14/h4,8,10H,1-3,5-7H2. The van der Waals surface area contributed by atoms with E-state index in [1.165, 1.54) is 0 Å². The summed E-state index contributed by atoms with van der Waals surface area (Å²) in [7, 11) is 0. The van der Waals surface area contributed by atoms with Gasteiger partial charge in [-0.3, -0.25) is 9.48 Å². The van der Waals surface area contributed by atoms with E-state index >= 15 is 0 Å². The minimum Gasteiger partial charge on any atom is -0.340 e. The maximum atomic E-state index is 11.7. The normalized spacial score (nSPS) is 16.7. The van der Waals surface area contributed by atoms with Gasteiger partial charge in [-0.05, 0) is 0 Å². The summed E-state index contributed by atoms with van der Waals surface area (Å²) in [6, 6.07) is 0. The van der Waals surface area contributed by atoms with Gasteiger partial charge < -0.3 is 10.2 Å². The number of rotatable bonds is 3. The molecule has 0 bridgehead atoms. The highest BCUT2D eigenvalue weighted by atomic mass is 16.2. The summed E-state index contributed by atoms with van der Waals surface area (Å²) in [5.74, 6) is 0.201. The molecule has 0 unspecified atom stereocenters. The molecule has 0 aliphatic carbocycles.